The normalized spacial score (nSPS) is 11.8. The van der Waals surface area contributed by atoms with Crippen molar-refractivity contribution >= 4 is 17.6 Å². The molecule has 1 aromatic heterocycles. The number of ether oxygens (including phenoxy) is 1. The highest BCUT2D eigenvalue weighted by molar-refractivity contribution is 5.92. The Morgan fingerprint density at radius 3 is 2.42 bits per heavy atom. The third-order valence-corrected chi connectivity index (χ3v) is 5.63. The second kappa shape index (κ2) is 12.2. The first-order valence-corrected chi connectivity index (χ1v) is 10.9. The van der Waals surface area contributed by atoms with Gasteiger partial charge in [0.05, 0.1) is 13.2 Å². The molecule has 0 aliphatic rings. The number of benzene rings is 1. The van der Waals surface area contributed by atoms with Crippen LogP contribution in [0.4, 0.5) is 10.5 Å². The molecule has 1 unspecified atom stereocenters. The maximum atomic E-state index is 13.2. The lowest BCUT2D eigenvalue weighted by atomic mass is 10.1. The molecule has 1 N–H and O–H groups in total. The molecule has 0 fully saturated rings. The Hall–Kier alpha value is -2.80. The SMILES string of the molecule is CCc1ccc(NC(=O)N(CC(=O)N(CCOC)Cc2cccn2C)C(C)CC)cc1. The quantitative estimate of drug-likeness (QED) is 0.590. The molecule has 2 aromatic rings. The van der Waals surface area contributed by atoms with Crippen molar-refractivity contribution in [3.63, 3.8) is 0 Å². The van der Waals surface area contributed by atoms with Gasteiger partial charge in [-0.2, -0.15) is 0 Å². The third kappa shape index (κ3) is 7.14. The van der Waals surface area contributed by atoms with E-state index in [1.54, 1.807) is 16.9 Å². The van der Waals surface area contributed by atoms with Crippen LogP contribution < -0.4 is 5.32 Å². The van der Waals surface area contributed by atoms with Gasteiger partial charge in [0.15, 0.2) is 0 Å². The van der Waals surface area contributed by atoms with Crippen molar-refractivity contribution in [3.8, 4) is 0 Å². The molecule has 1 heterocycles. The molecule has 0 saturated heterocycles. The maximum absolute atomic E-state index is 13.2. The van der Waals surface area contributed by atoms with Crippen molar-refractivity contribution < 1.29 is 14.3 Å². The topological polar surface area (TPSA) is 66.8 Å². The van der Waals surface area contributed by atoms with Gasteiger partial charge < -0.3 is 24.4 Å². The van der Waals surface area contributed by atoms with Crippen molar-refractivity contribution in [1.82, 2.24) is 14.4 Å². The number of amides is 3. The molecule has 7 heteroatoms. The summed E-state index contributed by atoms with van der Waals surface area (Å²) in [7, 11) is 3.57. The molecule has 1 atom stereocenters. The molecule has 0 aliphatic heterocycles. The number of carbonyl (C=O) groups excluding carboxylic acids is 2. The van der Waals surface area contributed by atoms with Crippen molar-refractivity contribution in [2.45, 2.75) is 46.2 Å². The third-order valence-electron chi connectivity index (χ3n) is 5.63. The molecule has 0 saturated carbocycles. The largest absolute Gasteiger partial charge is 0.383 e. The zero-order valence-electron chi connectivity index (χ0n) is 19.4. The highest BCUT2D eigenvalue weighted by Crippen LogP contribution is 2.14. The Morgan fingerprint density at radius 2 is 1.87 bits per heavy atom. The fourth-order valence-electron chi connectivity index (χ4n) is 3.26. The van der Waals surface area contributed by atoms with E-state index in [4.69, 9.17) is 4.74 Å². The van der Waals surface area contributed by atoms with Gasteiger partial charge in [0.2, 0.25) is 5.91 Å². The number of aromatic nitrogens is 1. The molecule has 0 spiro atoms. The van der Waals surface area contributed by atoms with Gasteiger partial charge in [0.1, 0.15) is 6.54 Å². The first kappa shape index (κ1) is 24.5. The number of methoxy groups -OCH3 is 1. The number of aryl methyl sites for hydroxylation is 2. The van der Waals surface area contributed by atoms with E-state index in [1.807, 2.05) is 68.1 Å². The predicted molar refractivity (Wildman–Crippen MR) is 124 cm³/mol. The van der Waals surface area contributed by atoms with E-state index in [9.17, 15) is 9.59 Å². The Bertz CT molecular complexity index is 832. The second-order valence-corrected chi connectivity index (χ2v) is 7.78. The molecule has 1 aromatic carbocycles. The zero-order chi connectivity index (χ0) is 22.8. The predicted octanol–water partition coefficient (Wildman–Crippen LogP) is 3.90. The second-order valence-electron chi connectivity index (χ2n) is 7.78. The molecule has 2 rings (SSSR count). The molecule has 31 heavy (non-hydrogen) atoms. The molecular weight excluding hydrogens is 392 g/mol. The highest BCUT2D eigenvalue weighted by Gasteiger charge is 2.25. The van der Waals surface area contributed by atoms with E-state index in [0.717, 1.165) is 24.2 Å². The molecule has 0 aliphatic carbocycles. The summed E-state index contributed by atoms with van der Waals surface area (Å²) in [5.41, 5.74) is 2.96. The fraction of sp³-hybridized carbons (Fsp3) is 0.500. The summed E-state index contributed by atoms with van der Waals surface area (Å²) in [4.78, 5) is 29.6. The van der Waals surface area contributed by atoms with Crippen LogP contribution in [0.5, 0.6) is 0 Å². The molecule has 3 amide bonds. The summed E-state index contributed by atoms with van der Waals surface area (Å²) in [6.45, 7) is 7.46. The Balaban J connectivity index is 2.12. The van der Waals surface area contributed by atoms with Crippen molar-refractivity contribution in [1.29, 1.82) is 0 Å². The summed E-state index contributed by atoms with van der Waals surface area (Å²) >= 11 is 0. The summed E-state index contributed by atoms with van der Waals surface area (Å²) in [5, 5.41) is 2.94. The van der Waals surface area contributed by atoms with Crippen LogP contribution in [0.1, 0.15) is 38.4 Å². The Morgan fingerprint density at radius 1 is 1.16 bits per heavy atom. The lowest BCUT2D eigenvalue weighted by molar-refractivity contribution is -0.133. The Labute approximate surface area is 186 Å². The number of rotatable bonds is 11. The van der Waals surface area contributed by atoms with E-state index in [1.165, 1.54) is 5.56 Å². The molecular formula is C24H36N4O3. The van der Waals surface area contributed by atoms with Crippen molar-refractivity contribution in [2.24, 2.45) is 7.05 Å². The van der Waals surface area contributed by atoms with E-state index < -0.39 is 0 Å². The van der Waals surface area contributed by atoms with E-state index in [0.29, 0.717) is 19.7 Å². The van der Waals surface area contributed by atoms with Crippen LogP contribution >= 0.6 is 0 Å². The summed E-state index contributed by atoms with van der Waals surface area (Å²) in [6, 6.07) is 11.4. The Kier molecular flexibility index (Phi) is 9.59. The van der Waals surface area contributed by atoms with Gasteiger partial charge in [-0.1, -0.05) is 26.0 Å². The lowest BCUT2D eigenvalue weighted by Gasteiger charge is -2.31. The lowest BCUT2D eigenvalue weighted by Crippen LogP contribution is -2.48. The molecule has 0 bridgehead atoms. The van der Waals surface area contributed by atoms with Crippen molar-refractivity contribution in [2.75, 3.05) is 32.1 Å². The number of carbonyl (C=O) groups is 2. The average molecular weight is 429 g/mol. The zero-order valence-corrected chi connectivity index (χ0v) is 19.4. The van der Waals surface area contributed by atoms with E-state index in [2.05, 4.69) is 12.2 Å². The van der Waals surface area contributed by atoms with Crippen molar-refractivity contribution in [3.05, 3.63) is 53.9 Å². The first-order valence-electron chi connectivity index (χ1n) is 10.9. The van der Waals surface area contributed by atoms with Gasteiger partial charge in [0, 0.05) is 44.3 Å². The number of nitrogens with one attached hydrogen (secondary N) is 1. The smallest absolute Gasteiger partial charge is 0.322 e. The fourth-order valence-corrected chi connectivity index (χ4v) is 3.26. The van der Waals surface area contributed by atoms with Crippen LogP contribution in [-0.2, 0) is 29.5 Å². The number of anilines is 1. The van der Waals surface area contributed by atoms with E-state index in [-0.39, 0.29) is 24.5 Å². The maximum Gasteiger partial charge on any atom is 0.322 e. The summed E-state index contributed by atoms with van der Waals surface area (Å²) in [5.74, 6) is -0.102. The number of hydrogen-bond acceptors (Lipinski definition) is 3. The van der Waals surface area contributed by atoms with Crippen LogP contribution in [0.3, 0.4) is 0 Å². The van der Waals surface area contributed by atoms with Gasteiger partial charge in [-0.25, -0.2) is 4.79 Å². The minimum Gasteiger partial charge on any atom is -0.383 e. The van der Waals surface area contributed by atoms with E-state index >= 15 is 0 Å². The number of nitrogens with zero attached hydrogens (tertiary/aromatic N) is 3. The molecule has 7 nitrogen and oxygen atoms in total. The van der Waals surface area contributed by atoms with Gasteiger partial charge in [-0.05, 0) is 49.6 Å². The van der Waals surface area contributed by atoms with Gasteiger partial charge >= 0.3 is 6.03 Å². The van der Waals surface area contributed by atoms with Crippen LogP contribution in [0.25, 0.3) is 0 Å². The van der Waals surface area contributed by atoms with Crippen LogP contribution in [-0.4, -0.2) is 59.2 Å². The minimum atomic E-state index is -0.266. The number of urea groups is 1. The monoisotopic (exact) mass is 428 g/mol. The van der Waals surface area contributed by atoms with Gasteiger partial charge in [0.25, 0.3) is 0 Å². The number of hydrogen-bond donors (Lipinski definition) is 1. The average Bonchev–Trinajstić information content (AvgIpc) is 3.18. The first-order chi connectivity index (χ1) is 14.9. The van der Waals surface area contributed by atoms with Crippen LogP contribution in [0, 0.1) is 0 Å². The van der Waals surface area contributed by atoms with Gasteiger partial charge in [-0.3, -0.25) is 4.79 Å². The summed E-state index contributed by atoms with van der Waals surface area (Å²) < 4.78 is 7.19. The highest BCUT2D eigenvalue weighted by atomic mass is 16.5. The molecule has 0 radical (unpaired) electrons. The minimum absolute atomic E-state index is 0.0159. The van der Waals surface area contributed by atoms with Crippen LogP contribution in [0.15, 0.2) is 42.6 Å². The summed E-state index contributed by atoms with van der Waals surface area (Å²) in [6.07, 6.45) is 3.66. The van der Waals surface area contributed by atoms with Gasteiger partial charge in [-0.15, -0.1) is 0 Å². The standard InChI is InChI=1S/C24H36N4O3/c1-6-19(3)28(24(30)25-21-12-10-20(7-2)11-13-21)18-23(29)27(15-16-31-5)17-22-9-8-14-26(22)4/h8-14,19H,6-7,15-18H2,1-5H3,(H,25,30). The van der Waals surface area contributed by atoms with Crippen LogP contribution in [0.2, 0.25) is 0 Å². The molecule has 170 valence electrons.